The number of rotatable bonds is 5. The Hall–Kier alpha value is -5.93. The molecule has 2 aliphatic carbocycles. The highest BCUT2D eigenvalue weighted by molar-refractivity contribution is 6.32. The highest BCUT2D eigenvalue weighted by Crippen LogP contribution is 2.64. The van der Waals surface area contributed by atoms with Gasteiger partial charge in [0.15, 0.2) is 5.78 Å². The second-order valence-electron chi connectivity index (χ2n) is 14.7. The Kier molecular flexibility index (Phi) is 7.73. The molecule has 0 radical (unpaired) electrons. The van der Waals surface area contributed by atoms with Crippen molar-refractivity contribution in [2.24, 2.45) is 29.1 Å². The molecule has 5 aromatic carbocycles. The normalized spacial score (nSPS) is 26.1. The van der Waals surface area contributed by atoms with Gasteiger partial charge < -0.3 is 5.11 Å². The molecule has 0 bridgehead atoms. The van der Waals surface area contributed by atoms with Crippen molar-refractivity contribution in [3.05, 3.63) is 148 Å². The number of allylic oxidation sites excluding steroid dienone is 2. The standard InChI is InChI=1S/C44H32ClFN2O6/c1-44-33(41(52)48(43(44)54)26-15-19-35(46)34(45)21-26)22-32-30(38(44)29-18-20-36(49)28-10-6-5-9-27(28)29)16-17-31-37(32)42(53)47(40(31)51)25-13-11-24(12-14-25)39(50)23-7-3-2-4-8-23/h2-16,18-21,31-33,37-38,49H,17,22H2,1H3/t31-,32+,33-,37-,38-,44+/m0/s1. The molecule has 0 unspecified atom stereocenters. The monoisotopic (exact) mass is 738 g/mol. The average molecular weight is 739 g/mol. The van der Waals surface area contributed by atoms with Gasteiger partial charge in [0, 0.05) is 22.4 Å². The fourth-order valence-electron chi connectivity index (χ4n) is 9.56. The first-order valence-electron chi connectivity index (χ1n) is 17.8. The third-order valence-electron chi connectivity index (χ3n) is 12.1. The molecule has 3 fully saturated rings. The van der Waals surface area contributed by atoms with E-state index < -0.39 is 58.5 Å². The number of phenolic OH excluding ortho intramolecular Hbond substituents is 1. The van der Waals surface area contributed by atoms with Gasteiger partial charge in [-0.2, -0.15) is 0 Å². The first-order valence-corrected chi connectivity index (χ1v) is 18.2. The molecule has 1 N–H and O–H groups in total. The molecule has 9 rings (SSSR count). The number of nitrogens with zero attached hydrogens (tertiary/aromatic N) is 2. The van der Waals surface area contributed by atoms with E-state index in [9.17, 15) is 33.5 Å². The molecule has 5 aromatic rings. The second kappa shape index (κ2) is 12.3. The minimum Gasteiger partial charge on any atom is -0.507 e. The van der Waals surface area contributed by atoms with E-state index in [1.54, 1.807) is 79.7 Å². The van der Waals surface area contributed by atoms with E-state index in [1.165, 1.54) is 17.0 Å². The van der Waals surface area contributed by atoms with Gasteiger partial charge >= 0.3 is 0 Å². The summed E-state index contributed by atoms with van der Waals surface area (Å²) < 4.78 is 14.3. The Morgan fingerprint density at radius 1 is 0.759 bits per heavy atom. The maximum absolute atomic E-state index is 14.8. The number of ketones is 1. The molecule has 0 aromatic heterocycles. The molecule has 0 spiro atoms. The zero-order valence-corrected chi connectivity index (χ0v) is 29.7. The van der Waals surface area contributed by atoms with Crippen LogP contribution in [0.25, 0.3) is 10.8 Å². The molecule has 2 saturated heterocycles. The number of imide groups is 2. The van der Waals surface area contributed by atoms with E-state index in [0.29, 0.717) is 33.2 Å². The number of aromatic hydroxyl groups is 1. The van der Waals surface area contributed by atoms with Gasteiger partial charge in [-0.25, -0.2) is 9.29 Å². The van der Waals surface area contributed by atoms with Crippen molar-refractivity contribution in [2.75, 3.05) is 9.80 Å². The molecule has 4 aliphatic rings. The lowest BCUT2D eigenvalue weighted by Gasteiger charge is -2.49. The summed E-state index contributed by atoms with van der Waals surface area (Å²) in [5.74, 6) is -6.27. The van der Waals surface area contributed by atoms with Gasteiger partial charge in [0.2, 0.25) is 23.6 Å². The van der Waals surface area contributed by atoms with Crippen molar-refractivity contribution in [3.63, 3.8) is 0 Å². The molecule has 8 nitrogen and oxygen atoms in total. The van der Waals surface area contributed by atoms with E-state index in [4.69, 9.17) is 11.6 Å². The Labute approximate surface area is 314 Å². The number of carbonyl (C=O) groups excluding carboxylic acids is 5. The summed E-state index contributed by atoms with van der Waals surface area (Å²) in [6.07, 6.45) is 2.34. The molecule has 268 valence electrons. The highest BCUT2D eigenvalue weighted by atomic mass is 35.5. The second-order valence-corrected chi connectivity index (χ2v) is 15.1. The Morgan fingerprint density at radius 3 is 2.15 bits per heavy atom. The van der Waals surface area contributed by atoms with Crippen LogP contribution in [0, 0.1) is 34.9 Å². The van der Waals surface area contributed by atoms with E-state index >= 15 is 0 Å². The fraction of sp³-hybridized carbons (Fsp3) is 0.205. The van der Waals surface area contributed by atoms with Gasteiger partial charge in [-0.15, -0.1) is 0 Å². The lowest BCUT2D eigenvalue weighted by atomic mass is 9.51. The third kappa shape index (κ3) is 4.77. The number of fused-ring (bicyclic) bond motifs is 5. The van der Waals surface area contributed by atoms with E-state index in [1.807, 2.05) is 24.3 Å². The van der Waals surface area contributed by atoms with Crippen LogP contribution in [0.1, 0.15) is 47.2 Å². The van der Waals surface area contributed by atoms with E-state index in [2.05, 4.69) is 0 Å². The summed E-state index contributed by atoms with van der Waals surface area (Å²) in [5.41, 5.74) is 1.57. The zero-order chi connectivity index (χ0) is 37.6. The van der Waals surface area contributed by atoms with E-state index in [-0.39, 0.29) is 41.0 Å². The van der Waals surface area contributed by atoms with Crippen molar-refractivity contribution in [3.8, 4) is 5.75 Å². The fourth-order valence-corrected chi connectivity index (χ4v) is 9.74. The van der Waals surface area contributed by atoms with Crippen molar-refractivity contribution in [1.82, 2.24) is 0 Å². The lowest BCUT2D eigenvalue weighted by molar-refractivity contribution is -0.131. The predicted molar refractivity (Wildman–Crippen MR) is 200 cm³/mol. The summed E-state index contributed by atoms with van der Waals surface area (Å²) in [7, 11) is 0. The van der Waals surface area contributed by atoms with Crippen molar-refractivity contribution in [2.45, 2.75) is 25.7 Å². The van der Waals surface area contributed by atoms with Crippen LogP contribution in [0.15, 0.2) is 121 Å². The van der Waals surface area contributed by atoms with Gasteiger partial charge in [-0.3, -0.25) is 28.9 Å². The Balaban J connectivity index is 1.14. The lowest BCUT2D eigenvalue weighted by Crippen LogP contribution is -2.49. The minimum absolute atomic E-state index is 0.0567. The highest BCUT2D eigenvalue weighted by Gasteiger charge is 2.67. The van der Waals surface area contributed by atoms with Gasteiger partial charge in [0.1, 0.15) is 11.6 Å². The van der Waals surface area contributed by atoms with Crippen molar-refractivity contribution in [1.29, 1.82) is 0 Å². The van der Waals surface area contributed by atoms with Crippen LogP contribution in [0.3, 0.4) is 0 Å². The largest absolute Gasteiger partial charge is 0.507 e. The molecule has 1 saturated carbocycles. The number of amides is 4. The average Bonchev–Trinajstić information content (AvgIpc) is 3.56. The number of carbonyl (C=O) groups is 5. The van der Waals surface area contributed by atoms with Crippen LogP contribution < -0.4 is 9.80 Å². The molecule has 6 atom stereocenters. The number of phenols is 1. The molecule has 2 aliphatic heterocycles. The van der Waals surface area contributed by atoms with Crippen molar-refractivity contribution >= 4 is 63.2 Å². The van der Waals surface area contributed by atoms with Crippen LogP contribution in [0.2, 0.25) is 5.02 Å². The smallest absolute Gasteiger partial charge is 0.241 e. The van der Waals surface area contributed by atoms with Crippen LogP contribution >= 0.6 is 11.6 Å². The maximum atomic E-state index is 14.8. The maximum Gasteiger partial charge on any atom is 0.241 e. The molecule has 10 heteroatoms. The molecule has 4 amide bonds. The Morgan fingerprint density at radius 2 is 1.43 bits per heavy atom. The third-order valence-corrected chi connectivity index (χ3v) is 12.4. The topological polar surface area (TPSA) is 112 Å². The van der Waals surface area contributed by atoms with Gasteiger partial charge in [0.25, 0.3) is 0 Å². The van der Waals surface area contributed by atoms with Crippen molar-refractivity contribution < 1.29 is 33.5 Å². The molecular formula is C44H32ClFN2O6. The molecular weight excluding hydrogens is 707 g/mol. The van der Waals surface area contributed by atoms with Crippen LogP contribution in [-0.2, 0) is 19.2 Å². The SMILES string of the molecule is C[C@@]12C(=O)N(c3ccc(F)c(Cl)c3)C(=O)[C@@H]1C[C@@H]1C(=CC[C@@H]3C(=O)N(c4ccc(C(=O)c5ccccc5)cc4)C(=O)[C@@H]31)[C@@H]2c1ccc(O)c2ccccc12. The number of hydrogen-bond acceptors (Lipinski definition) is 6. The summed E-state index contributed by atoms with van der Waals surface area (Å²) in [5, 5.41) is 11.9. The first-order chi connectivity index (χ1) is 26.0. The number of hydrogen-bond donors (Lipinski definition) is 1. The predicted octanol–water partition coefficient (Wildman–Crippen LogP) is 8.00. The summed E-state index contributed by atoms with van der Waals surface area (Å²) >= 11 is 6.14. The summed E-state index contributed by atoms with van der Waals surface area (Å²) in [6.45, 7) is 1.77. The van der Waals surface area contributed by atoms with Crippen LogP contribution in [-0.4, -0.2) is 34.5 Å². The van der Waals surface area contributed by atoms with Gasteiger partial charge in [-0.1, -0.05) is 83.9 Å². The van der Waals surface area contributed by atoms with Gasteiger partial charge in [-0.05, 0) is 85.2 Å². The van der Waals surface area contributed by atoms with Crippen LogP contribution in [0.5, 0.6) is 5.75 Å². The van der Waals surface area contributed by atoms with Gasteiger partial charge in [0.05, 0.1) is 39.6 Å². The first kappa shape index (κ1) is 33.9. The van der Waals surface area contributed by atoms with E-state index in [0.717, 1.165) is 16.5 Å². The van der Waals surface area contributed by atoms with Crippen LogP contribution in [0.4, 0.5) is 15.8 Å². The summed E-state index contributed by atoms with van der Waals surface area (Å²) in [6, 6.07) is 29.6. The Bertz CT molecular complexity index is 2500. The zero-order valence-electron chi connectivity index (χ0n) is 28.9. The molecule has 54 heavy (non-hydrogen) atoms. The number of benzene rings is 5. The quantitative estimate of drug-likeness (QED) is 0.111. The number of halogens is 2. The minimum atomic E-state index is -1.35. The summed E-state index contributed by atoms with van der Waals surface area (Å²) in [4.78, 5) is 73.4. The molecule has 2 heterocycles. The number of anilines is 2.